The number of benzene rings is 2. The molecule has 0 aliphatic rings. The Labute approximate surface area is 101 Å². The minimum absolute atomic E-state index is 0.535. The number of rotatable bonds is 3. The zero-order valence-electron chi connectivity index (χ0n) is 8.89. The molecule has 80 valence electrons. The third-order valence-electron chi connectivity index (χ3n) is 2.44. The van der Waals surface area contributed by atoms with Crippen LogP contribution >= 0.6 is 12.2 Å². The fourth-order valence-corrected chi connectivity index (χ4v) is 1.81. The van der Waals surface area contributed by atoms with Gasteiger partial charge in [0.05, 0.1) is 4.99 Å². The summed E-state index contributed by atoms with van der Waals surface area (Å²) in [6.45, 7) is 0. The fourth-order valence-electron chi connectivity index (χ4n) is 1.65. The summed E-state index contributed by atoms with van der Waals surface area (Å²) in [6, 6.07) is 18.6. The molecule has 0 amide bonds. The number of hydrogen-bond donors (Lipinski definition) is 1. The highest BCUT2D eigenvalue weighted by Crippen LogP contribution is 2.19. The van der Waals surface area contributed by atoms with Crippen LogP contribution in [0.25, 0.3) is 11.1 Å². The molecular formula is C14H13NS. The number of nitrogens with two attached hydrogens (primary N) is 1. The molecule has 2 N–H and O–H groups in total. The van der Waals surface area contributed by atoms with Crippen LogP contribution in [0, 0.1) is 0 Å². The first-order valence-corrected chi connectivity index (χ1v) is 5.59. The summed E-state index contributed by atoms with van der Waals surface area (Å²) in [5, 5.41) is 0. The molecule has 0 aliphatic carbocycles. The fraction of sp³-hybridized carbons (Fsp3) is 0.0714. The maximum atomic E-state index is 5.51. The van der Waals surface area contributed by atoms with Gasteiger partial charge in [-0.3, -0.25) is 0 Å². The second-order valence-electron chi connectivity index (χ2n) is 3.71. The Hall–Kier alpha value is -1.67. The molecule has 0 spiro atoms. The molecule has 0 radical (unpaired) electrons. The lowest BCUT2D eigenvalue weighted by Gasteiger charge is -2.03. The van der Waals surface area contributed by atoms with E-state index < -0.39 is 0 Å². The van der Waals surface area contributed by atoms with Gasteiger partial charge in [-0.05, 0) is 16.7 Å². The standard InChI is InChI=1S/C14H13NS/c15-14(16)10-11-6-8-13(9-7-11)12-4-2-1-3-5-12/h1-9H,10H2,(H2,15,16). The average Bonchev–Trinajstić information content (AvgIpc) is 2.30. The lowest BCUT2D eigenvalue weighted by Crippen LogP contribution is -2.10. The van der Waals surface area contributed by atoms with Crippen LogP contribution in [0.3, 0.4) is 0 Å². The van der Waals surface area contributed by atoms with Crippen molar-refractivity contribution >= 4 is 17.2 Å². The highest BCUT2D eigenvalue weighted by molar-refractivity contribution is 7.80. The topological polar surface area (TPSA) is 26.0 Å². The third kappa shape index (κ3) is 2.67. The molecule has 0 saturated heterocycles. The van der Waals surface area contributed by atoms with Crippen molar-refractivity contribution in [1.82, 2.24) is 0 Å². The maximum absolute atomic E-state index is 5.51. The second kappa shape index (κ2) is 4.90. The van der Waals surface area contributed by atoms with Gasteiger partial charge < -0.3 is 5.73 Å². The largest absolute Gasteiger partial charge is 0.393 e. The minimum atomic E-state index is 0.535. The van der Waals surface area contributed by atoms with Crippen LogP contribution < -0.4 is 5.73 Å². The molecule has 1 nitrogen and oxygen atoms in total. The Morgan fingerprint density at radius 3 is 2.00 bits per heavy atom. The van der Waals surface area contributed by atoms with Crippen LogP contribution in [0.15, 0.2) is 54.6 Å². The summed E-state index contributed by atoms with van der Waals surface area (Å²) in [6.07, 6.45) is 0.671. The van der Waals surface area contributed by atoms with Crippen LogP contribution in [0.4, 0.5) is 0 Å². The van der Waals surface area contributed by atoms with Gasteiger partial charge in [0.1, 0.15) is 0 Å². The van der Waals surface area contributed by atoms with Crippen molar-refractivity contribution in [3.05, 3.63) is 60.2 Å². The lowest BCUT2D eigenvalue weighted by molar-refractivity contribution is 1.33. The summed E-state index contributed by atoms with van der Waals surface area (Å²) < 4.78 is 0. The molecule has 2 aromatic rings. The monoisotopic (exact) mass is 227 g/mol. The van der Waals surface area contributed by atoms with E-state index in [2.05, 4.69) is 36.4 Å². The number of thiocarbonyl (C=S) groups is 1. The zero-order valence-corrected chi connectivity index (χ0v) is 9.71. The predicted molar refractivity (Wildman–Crippen MR) is 72.4 cm³/mol. The lowest BCUT2D eigenvalue weighted by atomic mass is 10.0. The van der Waals surface area contributed by atoms with E-state index in [9.17, 15) is 0 Å². The van der Waals surface area contributed by atoms with E-state index in [4.69, 9.17) is 18.0 Å². The van der Waals surface area contributed by atoms with Gasteiger partial charge in [-0.2, -0.15) is 0 Å². The van der Waals surface area contributed by atoms with Gasteiger partial charge >= 0.3 is 0 Å². The van der Waals surface area contributed by atoms with Gasteiger partial charge in [-0.15, -0.1) is 0 Å². The van der Waals surface area contributed by atoms with E-state index in [0.29, 0.717) is 11.4 Å². The molecule has 16 heavy (non-hydrogen) atoms. The van der Waals surface area contributed by atoms with Crippen molar-refractivity contribution in [2.24, 2.45) is 5.73 Å². The Balaban J connectivity index is 2.23. The first kappa shape index (κ1) is 10.8. The SMILES string of the molecule is NC(=S)Cc1ccc(-c2ccccc2)cc1. The van der Waals surface area contributed by atoms with Crippen LogP contribution in [0.1, 0.15) is 5.56 Å². The van der Waals surface area contributed by atoms with E-state index in [1.54, 1.807) is 0 Å². The molecule has 0 bridgehead atoms. The predicted octanol–water partition coefficient (Wildman–Crippen LogP) is 3.18. The van der Waals surface area contributed by atoms with E-state index >= 15 is 0 Å². The van der Waals surface area contributed by atoms with Crippen LogP contribution in [-0.4, -0.2) is 4.99 Å². The maximum Gasteiger partial charge on any atom is 0.0771 e. The van der Waals surface area contributed by atoms with E-state index in [1.165, 1.54) is 11.1 Å². The van der Waals surface area contributed by atoms with Gasteiger partial charge in [0.15, 0.2) is 0 Å². The molecule has 0 heterocycles. The summed E-state index contributed by atoms with van der Waals surface area (Å²) in [5.74, 6) is 0. The molecule has 0 fully saturated rings. The van der Waals surface area contributed by atoms with E-state index in [-0.39, 0.29) is 0 Å². The highest BCUT2D eigenvalue weighted by atomic mass is 32.1. The van der Waals surface area contributed by atoms with Gasteiger partial charge in [-0.1, -0.05) is 66.8 Å². The molecule has 0 aliphatic heterocycles. The van der Waals surface area contributed by atoms with Gasteiger partial charge in [0.25, 0.3) is 0 Å². The Kier molecular flexibility index (Phi) is 3.32. The molecular weight excluding hydrogens is 214 g/mol. The van der Waals surface area contributed by atoms with Crippen molar-refractivity contribution in [2.45, 2.75) is 6.42 Å². The Morgan fingerprint density at radius 2 is 1.44 bits per heavy atom. The first-order chi connectivity index (χ1) is 7.75. The van der Waals surface area contributed by atoms with Crippen molar-refractivity contribution in [3.63, 3.8) is 0 Å². The van der Waals surface area contributed by atoms with E-state index in [0.717, 1.165) is 5.56 Å². The zero-order chi connectivity index (χ0) is 11.4. The minimum Gasteiger partial charge on any atom is -0.393 e. The van der Waals surface area contributed by atoms with Crippen LogP contribution in [-0.2, 0) is 6.42 Å². The van der Waals surface area contributed by atoms with Crippen molar-refractivity contribution in [3.8, 4) is 11.1 Å². The third-order valence-corrected chi connectivity index (χ3v) is 2.58. The van der Waals surface area contributed by atoms with Gasteiger partial charge in [0.2, 0.25) is 0 Å². The molecule has 0 aromatic heterocycles. The molecule has 0 unspecified atom stereocenters. The molecule has 2 rings (SSSR count). The van der Waals surface area contributed by atoms with Crippen molar-refractivity contribution in [2.75, 3.05) is 0 Å². The average molecular weight is 227 g/mol. The quantitative estimate of drug-likeness (QED) is 0.815. The number of hydrogen-bond acceptors (Lipinski definition) is 1. The summed E-state index contributed by atoms with van der Waals surface area (Å²) in [7, 11) is 0. The van der Waals surface area contributed by atoms with E-state index in [1.807, 2.05) is 18.2 Å². The Morgan fingerprint density at radius 1 is 0.875 bits per heavy atom. The van der Waals surface area contributed by atoms with Crippen LogP contribution in [0.2, 0.25) is 0 Å². The second-order valence-corrected chi connectivity index (χ2v) is 4.23. The summed E-state index contributed by atoms with van der Waals surface area (Å²) >= 11 is 4.88. The van der Waals surface area contributed by atoms with Crippen molar-refractivity contribution in [1.29, 1.82) is 0 Å². The summed E-state index contributed by atoms with van der Waals surface area (Å²) in [5.41, 5.74) is 9.11. The summed E-state index contributed by atoms with van der Waals surface area (Å²) in [4.78, 5) is 0.535. The molecule has 0 saturated carbocycles. The van der Waals surface area contributed by atoms with Crippen LogP contribution in [0.5, 0.6) is 0 Å². The Bertz CT molecular complexity index is 474. The molecule has 0 atom stereocenters. The van der Waals surface area contributed by atoms with Gasteiger partial charge in [0, 0.05) is 6.42 Å². The highest BCUT2D eigenvalue weighted by Gasteiger charge is 1.98. The molecule has 2 heteroatoms. The smallest absolute Gasteiger partial charge is 0.0771 e. The normalized spacial score (nSPS) is 10.0. The van der Waals surface area contributed by atoms with Crippen molar-refractivity contribution < 1.29 is 0 Å². The first-order valence-electron chi connectivity index (χ1n) is 5.18. The van der Waals surface area contributed by atoms with Gasteiger partial charge in [-0.25, -0.2) is 0 Å². The molecule has 2 aromatic carbocycles.